The molecule has 1 aromatic carbocycles. The number of fused-ring (bicyclic) bond motifs is 1. The van der Waals surface area contributed by atoms with Crippen LogP contribution in [0.4, 0.5) is 0 Å². The van der Waals surface area contributed by atoms with E-state index in [0.29, 0.717) is 0 Å². The van der Waals surface area contributed by atoms with Gasteiger partial charge >= 0.3 is 0 Å². The van der Waals surface area contributed by atoms with Gasteiger partial charge in [-0.25, -0.2) is 4.98 Å². The second kappa shape index (κ2) is 4.41. The van der Waals surface area contributed by atoms with Gasteiger partial charge in [0.1, 0.15) is 0 Å². The Morgan fingerprint density at radius 2 is 2.11 bits per heavy atom. The summed E-state index contributed by atoms with van der Waals surface area (Å²) in [5.74, 6) is 0. The molecule has 94 valence electrons. The summed E-state index contributed by atoms with van der Waals surface area (Å²) < 4.78 is 0. The summed E-state index contributed by atoms with van der Waals surface area (Å²) in [5, 5.41) is 4.36. The zero-order valence-electron chi connectivity index (χ0n) is 10.3. The zero-order valence-corrected chi connectivity index (χ0v) is 11.1. The minimum atomic E-state index is -0.0958. The Bertz CT molecular complexity index is 546. The van der Waals surface area contributed by atoms with Gasteiger partial charge in [-0.15, -0.1) is 0 Å². The highest BCUT2D eigenvalue weighted by molar-refractivity contribution is 6.30. The number of benzene rings is 1. The number of aromatic nitrogens is 2. The molecule has 0 fully saturated rings. The predicted molar refractivity (Wildman–Crippen MR) is 72.8 cm³/mol. The van der Waals surface area contributed by atoms with E-state index in [1.54, 1.807) is 6.33 Å². The van der Waals surface area contributed by atoms with Crippen molar-refractivity contribution < 1.29 is 0 Å². The number of halogens is 1. The Hall–Kier alpha value is -1.32. The molecule has 2 heterocycles. The molecule has 0 saturated heterocycles. The van der Waals surface area contributed by atoms with Crippen molar-refractivity contribution >= 4 is 11.6 Å². The minimum absolute atomic E-state index is 0.0958. The number of rotatable bonds is 2. The lowest BCUT2D eigenvalue weighted by molar-refractivity contribution is 0.335. The van der Waals surface area contributed by atoms with Crippen molar-refractivity contribution in [3.05, 3.63) is 52.6 Å². The number of hydrogen-bond donors (Lipinski definition) is 2. The first kappa shape index (κ1) is 11.8. The van der Waals surface area contributed by atoms with Gasteiger partial charge in [0.25, 0.3) is 0 Å². The molecular weight excluding hydrogens is 246 g/mol. The number of aromatic amines is 1. The number of imidazole rings is 1. The van der Waals surface area contributed by atoms with Crippen molar-refractivity contribution in [2.45, 2.75) is 25.3 Å². The summed E-state index contributed by atoms with van der Waals surface area (Å²) in [6.45, 7) is 3.19. The molecule has 0 bridgehead atoms. The average Bonchev–Trinajstić information content (AvgIpc) is 2.82. The maximum absolute atomic E-state index is 5.92. The fourth-order valence-electron chi connectivity index (χ4n) is 2.69. The molecule has 18 heavy (non-hydrogen) atoms. The fourth-order valence-corrected chi connectivity index (χ4v) is 2.82. The molecule has 4 heteroatoms. The van der Waals surface area contributed by atoms with Crippen LogP contribution in [0, 0.1) is 0 Å². The number of nitrogens with one attached hydrogen (secondary N) is 2. The first-order chi connectivity index (χ1) is 8.67. The number of nitrogens with zero attached hydrogens (tertiary/aromatic N) is 1. The van der Waals surface area contributed by atoms with E-state index in [2.05, 4.69) is 34.3 Å². The predicted octanol–water partition coefficient (Wildman–Crippen LogP) is 2.67. The molecule has 0 spiro atoms. The molecule has 0 aliphatic carbocycles. The summed E-state index contributed by atoms with van der Waals surface area (Å²) in [7, 11) is 0. The SMILES string of the molecule is CC1(Cc2ccc(Cl)cc2)NCCc2[nH]cnc21. The monoisotopic (exact) mass is 261 g/mol. The third kappa shape index (κ3) is 2.04. The molecule has 2 aromatic rings. The van der Waals surface area contributed by atoms with Gasteiger partial charge in [0.15, 0.2) is 0 Å². The molecule has 0 amide bonds. The zero-order chi connectivity index (χ0) is 12.6. The molecule has 3 nitrogen and oxygen atoms in total. The molecule has 1 aromatic heterocycles. The molecular formula is C14H16ClN3. The van der Waals surface area contributed by atoms with Crippen LogP contribution < -0.4 is 5.32 Å². The van der Waals surface area contributed by atoms with Gasteiger partial charge in [-0.2, -0.15) is 0 Å². The second-order valence-electron chi connectivity index (χ2n) is 5.04. The summed E-state index contributed by atoms with van der Waals surface area (Å²) >= 11 is 5.92. The van der Waals surface area contributed by atoms with E-state index < -0.39 is 0 Å². The standard InChI is InChI=1S/C14H16ClN3/c1-14(8-10-2-4-11(15)5-3-10)13-12(6-7-18-14)16-9-17-13/h2-5,9,18H,6-8H2,1H3,(H,16,17). The molecule has 0 saturated carbocycles. The van der Waals surface area contributed by atoms with Crippen LogP contribution in [0.1, 0.15) is 23.9 Å². The lowest BCUT2D eigenvalue weighted by Gasteiger charge is -2.34. The smallest absolute Gasteiger partial charge is 0.0926 e. The van der Waals surface area contributed by atoms with E-state index >= 15 is 0 Å². The van der Waals surface area contributed by atoms with Crippen LogP contribution in [0.25, 0.3) is 0 Å². The van der Waals surface area contributed by atoms with Gasteiger partial charge in [0, 0.05) is 23.7 Å². The minimum Gasteiger partial charge on any atom is -0.348 e. The topological polar surface area (TPSA) is 40.7 Å². The van der Waals surface area contributed by atoms with Crippen LogP contribution in [-0.2, 0) is 18.4 Å². The Morgan fingerprint density at radius 3 is 2.89 bits per heavy atom. The average molecular weight is 262 g/mol. The van der Waals surface area contributed by atoms with Crippen LogP contribution >= 0.6 is 11.6 Å². The Morgan fingerprint density at radius 1 is 1.33 bits per heavy atom. The van der Waals surface area contributed by atoms with Crippen molar-refractivity contribution in [1.29, 1.82) is 0 Å². The number of hydrogen-bond acceptors (Lipinski definition) is 2. The summed E-state index contributed by atoms with van der Waals surface area (Å²) in [6.07, 6.45) is 3.73. The Labute approximate surface area is 112 Å². The van der Waals surface area contributed by atoms with Crippen molar-refractivity contribution in [3.8, 4) is 0 Å². The van der Waals surface area contributed by atoms with Crippen LogP contribution in [0.2, 0.25) is 5.02 Å². The molecule has 3 rings (SSSR count). The lowest BCUT2D eigenvalue weighted by Crippen LogP contribution is -2.46. The van der Waals surface area contributed by atoms with E-state index in [1.807, 2.05) is 12.1 Å². The van der Waals surface area contributed by atoms with Crippen molar-refractivity contribution in [3.63, 3.8) is 0 Å². The van der Waals surface area contributed by atoms with Crippen LogP contribution in [0.5, 0.6) is 0 Å². The third-order valence-electron chi connectivity index (χ3n) is 3.60. The number of H-pyrrole nitrogens is 1. The van der Waals surface area contributed by atoms with Crippen LogP contribution in [0.3, 0.4) is 0 Å². The lowest BCUT2D eigenvalue weighted by atomic mass is 9.85. The largest absolute Gasteiger partial charge is 0.348 e. The summed E-state index contributed by atoms with van der Waals surface area (Å²) in [6, 6.07) is 8.04. The van der Waals surface area contributed by atoms with E-state index in [1.165, 1.54) is 11.3 Å². The normalized spacial score (nSPS) is 22.8. The maximum Gasteiger partial charge on any atom is 0.0926 e. The van der Waals surface area contributed by atoms with E-state index in [4.69, 9.17) is 11.6 Å². The van der Waals surface area contributed by atoms with E-state index in [-0.39, 0.29) is 5.54 Å². The van der Waals surface area contributed by atoms with Gasteiger partial charge in [-0.05, 0) is 31.0 Å². The van der Waals surface area contributed by atoms with Crippen LogP contribution in [0.15, 0.2) is 30.6 Å². The van der Waals surface area contributed by atoms with Gasteiger partial charge in [-0.3, -0.25) is 0 Å². The van der Waals surface area contributed by atoms with Crippen molar-refractivity contribution in [1.82, 2.24) is 15.3 Å². The van der Waals surface area contributed by atoms with Crippen molar-refractivity contribution in [2.75, 3.05) is 6.54 Å². The maximum atomic E-state index is 5.92. The third-order valence-corrected chi connectivity index (χ3v) is 3.85. The van der Waals surface area contributed by atoms with Gasteiger partial charge < -0.3 is 10.3 Å². The second-order valence-corrected chi connectivity index (χ2v) is 5.48. The Kier molecular flexibility index (Phi) is 2.88. The van der Waals surface area contributed by atoms with Crippen molar-refractivity contribution in [2.24, 2.45) is 0 Å². The summed E-state index contributed by atoms with van der Waals surface area (Å²) in [5.41, 5.74) is 3.57. The molecule has 1 unspecified atom stereocenters. The first-order valence-electron chi connectivity index (χ1n) is 6.20. The van der Waals surface area contributed by atoms with Gasteiger partial charge in [-0.1, -0.05) is 23.7 Å². The fraction of sp³-hybridized carbons (Fsp3) is 0.357. The summed E-state index contributed by atoms with van der Waals surface area (Å²) in [4.78, 5) is 7.72. The van der Waals surface area contributed by atoms with E-state index in [9.17, 15) is 0 Å². The molecule has 1 atom stereocenters. The highest BCUT2D eigenvalue weighted by atomic mass is 35.5. The highest BCUT2D eigenvalue weighted by Gasteiger charge is 2.34. The van der Waals surface area contributed by atoms with Gasteiger partial charge in [0.05, 0.1) is 17.6 Å². The molecule has 2 N–H and O–H groups in total. The molecule has 0 radical (unpaired) electrons. The molecule has 1 aliphatic rings. The first-order valence-corrected chi connectivity index (χ1v) is 6.57. The Balaban J connectivity index is 1.91. The molecule has 1 aliphatic heterocycles. The quantitative estimate of drug-likeness (QED) is 0.873. The van der Waals surface area contributed by atoms with Gasteiger partial charge in [0.2, 0.25) is 0 Å². The highest BCUT2D eigenvalue weighted by Crippen LogP contribution is 2.29. The van der Waals surface area contributed by atoms with E-state index in [0.717, 1.165) is 30.1 Å². The van der Waals surface area contributed by atoms with Crippen LogP contribution in [-0.4, -0.2) is 16.5 Å².